The summed E-state index contributed by atoms with van der Waals surface area (Å²) in [6, 6.07) is 9.72. The summed E-state index contributed by atoms with van der Waals surface area (Å²) in [7, 11) is 0. The number of halogens is 1. The molecule has 5 heteroatoms. The Balaban J connectivity index is 1.97. The van der Waals surface area contributed by atoms with Gasteiger partial charge in [-0.3, -0.25) is 4.90 Å². The van der Waals surface area contributed by atoms with E-state index in [9.17, 15) is 9.18 Å². The van der Waals surface area contributed by atoms with Crippen molar-refractivity contribution in [3.05, 3.63) is 35.9 Å². The summed E-state index contributed by atoms with van der Waals surface area (Å²) in [5.74, 6) is 0. The van der Waals surface area contributed by atoms with Crippen molar-refractivity contribution >= 4 is 6.09 Å². The molecule has 0 saturated carbocycles. The SMILES string of the molecule is CC(C)(C)OC(=O)N[C@@H]1CN(Cc2ccccc2)C[C@@](C)(F)C1. The third kappa shape index (κ3) is 6.18. The van der Waals surface area contributed by atoms with Crippen LogP contribution in [0.4, 0.5) is 9.18 Å². The van der Waals surface area contributed by atoms with Crippen LogP contribution in [0.3, 0.4) is 0 Å². The zero-order valence-corrected chi connectivity index (χ0v) is 14.4. The average molecular weight is 322 g/mol. The lowest BCUT2D eigenvalue weighted by atomic mass is 9.92. The van der Waals surface area contributed by atoms with Gasteiger partial charge in [0.05, 0.1) is 0 Å². The zero-order valence-electron chi connectivity index (χ0n) is 14.4. The molecule has 2 rings (SSSR count). The van der Waals surface area contributed by atoms with Crippen LogP contribution in [-0.2, 0) is 11.3 Å². The maximum absolute atomic E-state index is 14.6. The van der Waals surface area contributed by atoms with Crippen LogP contribution in [0.25, 0.3) is 0 Å². The normalized spacial score (nSPS) is 25.9. The predicted octanol–water partition coefficient (Wildman–Crippen LogP) is 3.51. The van der Waals surface area contributed by atoms with Crippen molar-refractivity contribution in [2.45, 2.75) is 58.0 Å². The van der Waals surface area contributed by atoms with Gasteiger partial charge in [-0.15, -0.1) is 0 Å². The third-order valence-corrected chi connectivity index (χ3v) is 3.67. The van der Waals surface area contributed by atoms with Gasteiger partial charge in [-0.25, -0.2) is 9.18 Å². The molecule has 1 fully saturated rings. The number of nitrogens with zero attached hydrogens (tertiary/aromatic N) is 1. The Kier molecular flexibility index (Phi) is 5.30. The van der Waals surface area contributed by atoms with E-state index >= 15 is 0 Å². The second kappa shape index (κ2) is 6.87. The van der Waals surface area contributed by atoms with Crippen LogP contribution in [0.5, 0.6) is 0 Å². The average Bonchev–Trinajstić information content (AvgIpc) is 2.35. The molecular formula is C18H27FN2O2. The van der Waals surface area contributed by atoms with E-state index < -0.39 is 17.4 Å². The molecule has 0 spiro atoms. The van der Waals surface area contributed by atoms with Gasteiger partial charge in [-0.2, -0.15) is 0 Å². The molecule has 128 valence electrons. The van der Waals surface area contributed by atoms with Gasteiger partial charge in [-0.1, -0.05) is 30.3 Å². The highest BCUT2D eigenvalue weighted by atomic mass is 19.1. The highest BCUT2D eigenvalue weighted by Crippen LogP contribution is 2.26. The number of hydrogen-bond donors (Lipinski definition) is 1. The first-order chi connectivity index (χ1) is 10.6. The molecule has 0 aliphatic carbocycles. The summed E-state index contributed by atoms with van der Waals surface area (Å²) in [6.45, 7) is 8.69. The molecule has 1 aromatic carbocycles. The van der Waals surface area contributed by atoms with Gasteiger partial charge in [0.2, 0.25) is 0 Å². The first-order valence-electron chi connectivity index (χ1n) is 8.08. The molecule has 2 atom stereocenters. The topological polar surface area (TPSA) is 41.6 Å². The van der Waals surface area contributed by atoms with Crippen LogP contribution < -0.4 is 5.32 Å². The molecule has 0 radical (unpaired) electrons. The fraction of sp³-hybridized carbons (Fsp3) is 0.611. The molecule has 1 amide bonds. The minimum absolute atomic E-state index is 0.252. The Hall–Kier alpha value is -1.62. The van der Waals surface area contributed by atoms with Gasteiger partial charge in [0.15, 0.2) is 0 Å². The molecular weight excluding hydrogens is 295 g/mol. The summed E-state index contributed by atoms with van der Waals surface area (Å²) in [6.07, 6.45) is -0.183. The van der Waals surface area contributed by atoms with E-state index in [4.69, 9.17) is 4.74 Å². The molecule has 1 aliphatic rings. The van der Waals surface area contributed by atoms with Crippen LogP contribution in [-0.4, -0.2) is 41.4 Å². The number of ether oxygens (including phenoxy) is 1. The molecule has 1 aromatic rings. The van der Waals surface area contributed by atoms with Crippen LogP contribution in [0, 0.1) is 0 Å². The van der Waals surface area contributed by atoms with Gasteiger partial charge in [-0.05, 0) is 33.3 Å². The van der Waals surface area contributed by atoms with E-state index in [1.807, 2.05) is 56.0 Å². The standard InChI is InChI=1S/C18H27FN2O2/c1-17(2,3)23-16(22)20-15-10-18(4,19)13-21(12-15)11-14-8-6-5-7-9-14/h5-9,15H,10-13H2,1-4H3,(H,20,22)/t15-,18-/m0/s1. The summed E-state index contributed by atoms with van der Waals surface area (Å²) in [5.41, 5.74) is -0.741. The molecule has 1 N–H and O–H groups in total. The number of likely N-dealkylation sites (tertiary alicyclic amines) is 1. The van der Waals surface area contributed by atoms with Gasteiger partial charge >= 0.3 is 6.09 Å². The van der Waals surface area contributed by atoms with E-state index in [1.165, 1.54) is 0 Å². The Bertz CT molecular complexity index is 526. The number of carbonyl (C=O) groups excluding carboxylic acids is 1. The van der Waals surface area contributed by atoms with Gasteiger partial charge in [0.25, 0.3) is 0 Å². The van der Waals surface area contributed by atoms with Gasteiger partial charge < -0.3 is 10.1 Å². The lowest BCUT2D eigenvalue weighted by Crippen LogP contribution is -2.55. The van der Waals surface area contributed by atoms with Gasteiger partial charge in [0, 0.05) is 32.1 Å². The lowest BCUT2D eigenvalue weighted by Gasteiger charge is -2.40. The number of rotatable bonds is 3. The number of carbonyl (C=O) groups is 1. The van der Waals surface area contributed by atoms with Crippen LogP contribution >= 0.6 is 0 Å². The summed E-state index contributed by atoms with van der Waals surface area (Å²) in [5, 5.41) is 2.80. The fourth-order valence-corrected chi connectivity index (χ4v) is 3.02. The monoisotopic (exact) mass is 322 g/mol. The Morgan fingerprint density at radius 2 is 2.04 bits per heavy atom. The minimum atomic E-state index is -1.33. The number of alkyl halides is 1. The van der Waals surface area contributed by atoms with E-state index in [0.29, 0.717) is 26.1 Å². The number of alkyl carbamates (subject to hydrolysis) is 1. The van der Waals surface area contributed by atoms with Crippen molar-refractivity contribution in [2.24, 2.45) is 0 Å². The molecule has 4 nitrogen and oxygen atoms in total. The zero-order chi connectivity index (χ0) is 17.1. The Labute approximate surface area is 138 Å². The quantitative estimate of drug-likeness (QED) is 0.926. The third-order valence-electron chi connectivity index (χ3n) is 3.67. The van der Waals surface area contributed by atoms with Crippen molar-refractivity contribution < 1.29 is 13.9 Å². The molecule has 1 saturated heterocycles. The predicted molar refractivity (Wildman–Crippen MR) is 89.0 cm³/mol. The highest BCUT2D eigenvalue weighted by molar-refractivity contribution is 5.68. The van der Waals surface area contributed by atoms with E-state index in [0.717, 1.165) is 5.56 Å². The molecule has 23 heavy (non-hydrogen) atoms. The number of piperidine rings is 1. The molecule has 1 heterocycles. The van der Waals surface area contributed by atoms with Crippen molar-refractivity contribution in [3.63, 3.8) is 0 Å². The number of nitrogens with one attached hydrogen (secondary N) is 1. The number of benzene rings is 1. The Morgan fingerprint density at radius 1 is 1.39 bits per heavy atom. The molecule has 0 unspecified atom stereocenters. The highest BCUT2D eigenvalue weighted by Gasteiger charge is 2.37. The smallest absolute Gasteiger partial charge is 0.407 e. The largest absolute Gasteiger partial charge is 0.444 e. The van der Waals surface area contributed by atoms with E-state index in [-0.39, 0.29) is 6.04 Å². The van der Waals surface area contributed by atoms with Crippen molar-refractivity contribution in [3.8, 4) is 0 Å². The van der Waals surface area contributed by atoms with Gasteiger partial charge in [0.1, 0.15) is 11.3 Å². The van der Waals surface area contributed by atoms with Crippen molar-refractivity contribution in [2.75, 3.05) is 13.1 Å². The number of hydrogen-bond acceptors (Lipinski definition) is 3. The Morgan fingerprint density at radius 3 is 2.65 bits per heavy atom. The van der Waals surface area contributed by atoms with Crippen molar-refractivity contribution in [1.82, 2.24) is 10.2 Å². The maximum Gasteiger partial charge on any atom is 0.407 e. The second-order valence-corrected chi connectivity index (χ2v) is 7.62. The summed E-state index contributed by atoms with van der Waals surface area (Å²) in [4.78, 5) is 14.0. The first kappa shape index (κ1) is 17.7. The van der Waals surface area contributed by atoms with E-state index in [2.05, 4.69) is 5.32 Å². The lowest BCUT2D eigenvalue weighted by molar-refractivity contribution is 0.0219. The van der Waals surface area contributed by atoms with Crippen molar-refractivity contribution in [1.29, 1.82) is 0 Å². The van der Waals surface area contributed by atoms with Crippen LogP contribution in [0.15, 0.2) is 30.3 Å². The number of amides is 1. The second-order valence-electron chi connectivity index (χ2n) is 7.62. The minimum Gasteiger partial charge on any atom is -0.444 e. The van der Waals surface area contributed by atoms with Crippen LogP contribution in [0.1, 0.15) is 39.7 Å². The maximum atomic E-state index is 14.6. The molecule has 0 bridgehead atoms. The van der Waals surface area contributed by atoms with Crippen LogP contribution in [0.2, 0.25) is 0 Å². The summed E-state index contributed by atoms with van der Waals surface area (Å²) < 4.78 is 19.9. The molecule has 1 aliphatic heterocycles. The first-order valence-corrected chi connectivity index (χ1v) is 8.08. The van der Waals surface area contributed by atoms with E-state index in [1.54, 1.807) is 6.92 Å². The summed E-state index contributed by atoms with van der Waals surface area (Å²) >= 11 is 0. The fourth-order valence-electron chi connectivity index (χ4n) is 3.02. The molecule has 0 aromatic heterocycles.